The lowest BCUT2D eigenvalue weighted by Gasteiger charge is -2.08. The van der Waals surface area contributed by atoms with E-state index in [1.165, 1.54) is 18.2 Å². The van der Waals surface area contributed by atoms with Crippen LogP contribution in [0.25, 0.3) is 0 Å². The molecule has 2 N–H and O–H groups in total. The van der Waals surface area contributed by atoms with Crippen LogP contribution in [0.15, 0.2) is 41.3 Å². The van der Waals surface area contributed by atoms with Crippen LogP contribution < -0.4 is 5.73 Å². The summed E-state index contributed by atoms with van der Waals surface area (Å²) in [6, 6.07) is 7.13. The summed E-state index contributed by atoms with van der Waals surface area (Å²) in [7, 11) is -3.71. The average Bonchev–Trinajstić information content (AvgIpc) is 2.36. The van der Waals surface area contributed by atoms with Gasteiger partial charge in [-0.3, -0.25) is 0 Å². The highest BCUT2D eigenvalue weighted by molar-refractivity contribution is 7.90. The predicted octanol–water partition coefficient (Wildman–Crippen LogP) is 2.83. The van der Waals surface area contributed by atoms with E-state index in [0.29, 0.717) is 17.3 Å². The second-order valence-corrected chi connectivity index (χ2v) is 6.50. The molecule has 0 aliphatic rings. The molecular weight excluding hydrogens is 284 g/mol. The van der Waals surface area contributed by atoms with Crippen LogP contribution >= 0.6 is 0 Å². The quantitative estimate of drug-likeness (QED) is 0.886. The van der Waals surface area contributed by atoms with Gasteiger partial charge in [-0.05, 0) is 36.8 Å². The predicted molar refractivity (Wildman–Crippen MR) is 72.8 cm³/mol. The standard InChI is InChI=1S/C14H13F2NO2S/c1-9-6-12(4-5-14(9)17)20(18,19)8-10-2-3-11(15)7-13(10)16/h2-7H,8,17H2,1H3. The fraction of sp³-hybridized carbons (Fsp3) is 0.143. The Kier molecular flexibility index (Phi) is 3.76. The van der Waals surface area contributed by atoms with Gasteiger partial charge < -0.3 is 5.73 Å². The van der Waals surface area contributed by atoms with Crippen LogP contribution in [0.1, 0.15) is 11.1 Å². The molecule has 0 saturated carbocycles. The molecule has 0 unspecified atom stereocenters. The molecule has 6 heteroatoms. The number of nitrogen functional groups attached to an aromatic ring is 1. The SMILES string of the molecule is Cc1cc(S(=O)(=O)Cc2ccc(F)cc2F)ccc1N. The van der Waals surface area contributed by atoms with Gasteiger partial charge in [0.25, 0.3) is 0 Å². The summed E-state index contributed by atoms with van der Waals surface area (Å²) >= 11 is 0. The zero-order valence-electron chi connectivity index (χ0n) is 10.7. The van der Waals surface area contributed by atoms with Crippen molar-refractivity contribution in [2.75, 3.05) is 5.73 Å². The third-order valence-electron chi connectivity index (χ3n) is 2.96. The molecule has 0 fully saturated rings. The average molecular weight is 297 g/mol. The smallest absolute Gasteiger partial charge is 0.182 e. The van der Waals surface area contributed by atoms with E-state index in [1.54, 1.807) is 6.92 Å². The van der Waals surface area contributed by atoms with E-state index in [0.717, 1.165) is 12.1 Å². The summed E-state index contributed by atoms with van der Waals surface area (Å²) in [6.07, 6.45) is 0. The minimum atomic E-state index is -3.71. The Morgan fingerprint density at radius 1 is 1.10 bits per heavy atom. The molecule has 0 aromatic heterocycles. The molecule has 0 aliphatic carbocycles. The Bertz CT molecular complexity index is 758. The van der Waals surface area contributed by atoms with Gasteiger partial charge in [0.05, 0.1) is 10.6 Å². The highest BCUT2D eigenvalue weighted by atomic mass is 32.2. The number of hydrogen-bond donors (Lipinski definition) is 1. The number of sulfone groups is 1. The van der Waals surface area contributed by atoms with Crippen molar-refractivity contribution in [2.45, 2.75) is 17.6 Å². The molecule has 0 spiro atoms. The van der Waals surface area contributed by atoms with Crippen molar-refractivity contribution in [3.05, 3.63) is 59.2 Å². The maximum Gasteiger partial charge on any atom is 0.182 e. The second-order valence-electron chi connectivity index (χ2n) is 4.51. The Balaban J connectivity index is 2.38. The molecule has 0 amide bonds. The largest absolute Gasteiger partial charge is 0.399 e. The van der Waals surface area contributed by atoms with Crippen molar-refractivity contribution in [2.24, 2.45) is 0 Å². The fourth-order valence-electron chi connectivity index (χ4n) is 1.77. The van der Waals surface area contributed by atoms with E-state index in [2.05, 4.69) is 0 Å². The van der Waals surface area contributed by atoms with E-state index in [1.807, 2.05) is 0 Å². The van der Waals surface area contributed by atoms with Gasteiger partial charge in [-0.25, -0.2) is 17.2 Å². The number of rotatable bonds is 3. The summed E-state index contributed by atoms with van der Waals surface area (Å²) in [6.45, 7) is 1.69. The number of nitrogens with two attached hydrogens (primary N) is 1. The van der Waals surface area contributed by atoms with Crippen LogP contribution in [-0.2, 0) is 15.6 Å². The maximum atomic E-state index is 13.5. The lowest BCUT2D eigenvalue weighted by atomic mass is 10.2. The van der Waals surface area contributed by atoms with Crippen LogP contribution in [0.5, 0.6) is 0 Å². The lowest BCUT2D eigenvalue weighted by molar-refractivity contribution is 0.569. The molecule has 20 heavy (non-hydrogen) atoms. The maximum absolute atomic E-state index is 13.5. The molecule has 0 saturated heterocycles. The van der Waals surface area contributed by atoms with Crippen LogP contribution in [0.4, 0.5) is 14.5 Å². The van der Waals surface area contributed by atoms with Crippen molar-refractivity contribution in [3.8, 4) is 0 Å². The monoisotopic (exact) mass is 297 g/mol. The molecule has 0 radical (unpaired) electrons. The topological polar surface area (TPSA) is 60.2 Å². The van der Waals surface area contributed by atoms with Crippen molar-refractivity contribution < 1.29 is 17.2 Å². The van der Waals surface area contributed by atoms with Gasteiger partial charge in [-0.15, -0.1) is 0 Å². The van der Waals surface area contributed by atoms with Crippen molar-refractivity contribution in [1.82, 2.24) is 0 Å². The molecule has 0 heterocycles. The number of hydrogen-bond acceptors (Lipinski definition) is 3. The molecular formula is C14H13F2NO2S. The Hall–Kier alpha value is -1.95. The highest BCUT2D eigenvalue weighted by Gasteiger charge is 2.18. The van der Waals surface area contributed by atoms with Crippen LogP contribution in [0, 0.1) is 18.6 Å². The van der Waals surface area contributed by atoms with Gasteiger partial charge in [0.1, 0.15) is 11.6 Å². The first kappa shape index (κ1) is 14.5. The third-order valence-corrected chi connectivity index (χ3v) is 4.62. The van der Waals surface area contributed by atoms with Crippen molar-refractivity contribution in [3.63, 3.8) is 0 Å². The van der Waals surface area contributed by atoms with Gasteiger partial charge in [0, 0.05) is 17.3 Å². The molecule has 0 atom stereocenters. The number of halogens is 2. The van der Waals surface area contributed by atoms with E-state index >= 15 is 0 Å². The summed E-state index contributed by atoms with van der Waals surface area (Å²) in [5.41, 5.74) is 6.67. The molecule has 2 rings (SSSR count). The molecule has 3 nitrogen and oxygen atoms in total. The van der Waals surface area contributed by atoms with Gasteiger partial charge in [-0.1, -0.05) is 6.07 Å². The summed E-state index contributed by atoms with van der Waals surface area (Å²) in [5.74, 6) is -2.14. The Morgan fingerprint density at radius 3 is 2.40 bits per heavy atom. The summed E-state index contributed by atoms with van der Waals surface area (Å²) in [4.78, 5) is 0.0629. The van der Waals surface area contributed by atoms with Gasteiger partial charge >= 0.3 is 0 Å². The number of anilines is 1. The normalized spacial score (nSPS) is 11.6. The van der Waals surface area contributed by atoms with E-state index in [4.69, 9.17) is 5.73 Å². The highest BCUT2D eigenvalue weighted by Crippen LogP contribution is 2.22. The third kappa shape index (κ3) is 2.96. The van der Waals surface area contributed by atoms with Crippen molar-refractivity contribution >= 4 is 15.5 Å². The second kappa shape index (κ2) is 5.20. The number of aryl methyl sites for hydroxylation is 1. The minimum absolute atomic E-state index is 0.0629. The Morgan fingerprint density at radius 2 is 1.80 bits per heavy atom. The molecule has 106 valence electrons. The first-order valence-electron chi connectivity index (χ1n) is 5.82. The fourth-order valence-corrected chi connectivity index (χ4v) is 3.21. The molecule has 2 aromatic rings. The van der Waals surface area contributed by atoms with Gasteiger partial charge in [-0.2, -0.15) is 0 Å². The summed E-state index contributed by atoms with van der Waals surface area (Å²) in [5, 5.41) is 0. The summed E-state index contributed by atoms with van der Waals surface area (Å²) < 4.78 is 50.7. The Labute approximate surface area is 116 Å². The molecule has 0 aliphatic heterocycles. The zero-order chi connectivity index (χ0) is 14.9. The van der Waals surface area contributed by atoms with Crippen molar-refractivity contribution in [1.29, 1.82) is 0 Å². The lowest BCUT2D eigenvalue weighted by Crippen LogP contribution is -2.07. The van der Waals surface area contributed by atoms with E-state index in [9.17, 15) is 17.2 Å². The molecule has 0 bridgehead atoms. The first-order valence-corrected chi connectivity index (χ1v) is 7.47. The van der Waals surface area contributed by atoms with Gasteiger partial charge in [0.15, 0.2) is 9.84 Å². The number of benzene rings is 2. The minimum Gasteiger partial charge on any atom is -0.399 e. The van der Waals surface area contributed by atoms with E-state index in [-0.39, 0.29) is 10.5 Å². The van der Waals surface area contributed by atoms with Crippen LogP contribution in [-0.4, -0.2) is 8.42 Å². The first-order chi connectivity index (χ1) is 9.29. The molecule has 2 aromatic carbocycles. The van der Waals surface area contributed by atoms with Crippen LogP contribution in [0.3, 0.4) is 0 Å². The van der Waals surface area contributed by atoms with Crippen LogP contribution in [0.2, 0.25) is 0 Å². The zero-order valence-corrected chi connectivity index (χ0v) is 11.5. The van der Waals surface area contributed by atoms with Gasteiger partial charge in [0.2, 0.25) is 0 Å². The van der Waals surface area contributed by atoms with E-state index < -0.39 is 27.2 Å².